The average molecular weight is 381 g/mol. The van der Waals surface area contributed by atoms with Gasteiger partial charge in [-0.2, -0.15) is 0 Å². The lowest BCUT2D eigenvalue weighted by Gasteiger charge is -2.32. The fourth-order valence-electron chi connectivity index (χ4n) is 3.38. The van der Waals surface area contributed by atoms with Crippen molar-refractivity contribution in [3.63, 3.8) is 0 Å². The van der Waals surface area contributed by atoms with Crippen LogP contribution in [0.5, 0.6) is 0 Å². The van der Waals surface area contributed by atoms with Gasteiger partial charge in [0.1, 0.15) is 0 Å². The minimum absolute atomic E-state index is 0.349. The monoisotopic (exact) mass is 380 g/mol. The Morgan fingerprint density at radius 1 is 0.885 bits per heavy atom. The molecule has 1 N–H and O–H groups in total. The second-order valence-corrected chi connectivity index (χ2v) is 7.60. The Balaban J connectivity index is 1.88. The van der Waals surface area contributed by atoms with Crippen molar-refractivity contribution in [1.29, 1.82) is 0 Å². The van der Waals surface area contributed by atoms with Gasteiger partial charge in [-0.05, 0) is 54.4 Å². The summed E-state index contributed by atoms with van der Waals surface area (Å²) in [6.07, 6.45) is 0.711. The molecular formula is C22H18Cl2N2. The number of fused-ring (bicyclic) bond motifs is 1. The number of halogens is 2. The van der Waals surface area contributed by atoms with E-state index in [1.807, 2.05) is 54.6 Å². The number of aliphatic imine (C=N–C) groups is 1. The molecule has 4 rings (SSSR count). The molecular weight excluding hydrogens is 363 g/mol. The zero-order valence-electron chi connectivity index (χ0n) is 14.3. The van der Waals surface area contributed by atoms with Crippen LogP contribution in [-0.2, 0) is 5.54 Å². The molecule has 3 aromatic rings. The van der Waals surface area contributed by atoms with E-state index in [1.54, 1.807) is 0 Å². The maximum absolute atomic E-state index is 6.27. The molecule has 3 aromatic carbocycles. The molecule has 26 heavy (non-hydrogen) atoms. The summed E-state index contributed by atoms with van der Waals surface area (Å²) in [5.74, 6) is 0. The van der Waals surface area contributed by atoms with Crippen LogP contribution in [0.3, 0.4) is 0 Å². The highest BCUT2D eigenvalue weighted by atomic mass is 35.5. The van der Waals surface area contributed by atoms with Crippen molar-refractivity contribution < 1.29 is 0 Å². The predicted molar refractivity (Wildman–Crippen MR) is 111 cm³/mol. The van der Waals surface area contributed by atoms with Gasteiger partial charge in [0, 0.05) is 16.5 Å². The van der Waals surface area contributed by atoms with Crippen molar-refractivity contribution in [3.05, 3.63) is 94.0 Å². The fraction of sp³-hybridized carbons (Fsp3) is 0.136. The molecule has 0 spiro atoms. The van der Waals surface area contributed by atoms with Crippen molar-refractivity contribution in [3.8, 4) is 0 Å². The van der Waals surface area contributed by atoms with Crippen LogP contribution < -0.4 is 5.32 Å². The van der Waals surface area contributed by atoms with E-state index in [2.05, 4.69) is 30.4 Å². The SMILES string of the molecule is CC1(c2cccc(Cl)c2)CC(c2cccc(Cl)c2)=Nc2ccccc2N1. The minimum atomic E-state index is -0.349. The second kappa shape index (κ2) is 6.79. The van der Waals surface area contributed by atoms with E-state index in [0.717, 1.165) is 33.2 Å². The lowest BCUT2D eigenvalue weighted by atomic mass is 9.85. The van der Waals surface area contributed by atoms with Crippen LogP contribution in [0.15, 0.2) is 77.8 Å². The van der Waals surface area contributed by atoms with Crippen molar-refractivity contribution in [2.24, 2.45) is 4.99 Å². The highest BCUT2D eigenvalue weighted by Crippen LogP contribution is 2.39. The van der Waals surface area contributed by atoms with E-state index in [4.69, 9.17) is 28.2 Å². The van der Waals surface area contributed by atoms with Crippen LogP contribution in [0.4, 0.5) is 11.4 Å². The third-order valence-corrected chi connectivity index (χ3v) is 5.18. The van der Waals surface area contributed by atoms with Gasteiger partial charge in [0.05, 0.1) is 22.6 Å². The van der Waals surface area contributed by atoms with E-state index < -0.39 is 0 Å². The van der Waals surface area contributed by atoms with Crippen LogP contribution in [0, 0.1) is 0 Å². The third kappa shape index (κ3) is 3.35. The van der Waals surface area contributed by atoms with Gasteiger partial charge in [-0.3, -0.25) is 4.99 Å². The molecule has 130 valence electrons. The van der Waals surface area contributed by atoms with Gasteiger partial charge in [0.25, 0.3) is 0 Å². The Hall–Kier alpha value is -2.29. The van der Waals surface area contributed by atoms with Crippen LogP contribution in [0.1, 0.15) is 24.5 Å². The van der Waals surface area contributed by atoms with Gasteiger partial charge in [-0.15, -0.1) is 0 Å². The number of rotatable bonds is 2. The molecule has 2 nitrogen and oxygen atoms in total. The number of para-hydroxylation sites is 2. The lowest BCUT2D eigenvalue weighted by molar-refractivity contribution is 0.571. The molecule has 1 aliphatic rings. The summed E-state index contributed by atoms with van der Waals surface area (Å²) in [6.45, 7) is 2.18. The molecule has 0 radical (unpaired) electrons. The highest BCUT2D eigenvalue weighted by Gasteiger charge is 2.32. The number of nitrogens with zero attached hydrogens (tertiary/aromatic N) is 1. The molecule has 0 aromatic heterocycles. The number of benzene rings is 3. The van der Waals surface area contributed by atoms with Crippen LogP contribution in [-0.4, -0.2) is 5.71 Å². The van der Waals surface area contributed by atoms with Crippen LogP contribution >= 0.6 is 23.2 Å². The molecule has 1 unspecified atom stereocenters. The standard InChI is InChI=1S/C22H18Cl2N2/c1-22(16-7-5-9-18(24)13-16)14-21(15-6-4-8-17(23)12-15)25-19-10-2-3-11-20(19)26-22/h2-13,26H,14H2,1H3. The first-order valence-electron chi connectivity index (χ1n) is 8.50. The smallest absolute Gasteiger partial charge is 0.0864 e. The number of anilines is 1. The number of hydrogen-bond acceptors (Lipinski definition) is 2. The van der Waals surface area contributed by atoms with Gasteiger partial charge in [0.2, 0.25) is 0 Å². The van der Waals surface area contributed by atoms with Crippen molar-refractivity contribution in [2.45, 2.75) is 18.9 Å². The second-order valence-electron chi connectivity index (χ2n) is 6.73. The zero-order valence-corrected chi connectivity index (χ0v) is 15.9. The number of nitrogens with one attached hydrogen (secondary N) is 1. The molecule has 0 bridgehead atoms. The molecule has 1 atom stereocenters. The van der Waals surface area contributed by atoms with Gasteiger partial charge >= 0.3 is 0 Å². The Morgan fingerprint density at radius 3 is 2.38 bits per heavy atom. The topological polar surface area (TPSA) is 24.4 Å². The first kappa shape index (κ1) is 17.1. The first-order chi connectivity index (χ1) is 12.5. The summed E-state index contributed by atoms with van der Waals surface area (Å²) in [4.78, 5) is 4.96. The summed E-state index contributed by atoms with van der Waals surface area (Å²) < 4.78 is 0. The van der Waals surface area contributed by atoms with Gasteiger partial charge in [0.15, 0.2) is 0 Å². The Kier molecular flexibility index (Phi) is 4.47. The normalized spacial score (nSPS) is 19.1. The summed E-state index contributed by atoms with van der Waals surface area (Å²) in [6, 6.07) is 23.9. The highest BCUT2D eigenvalue weighted by molar-refractivity contribution is 6.31. The molecule has 4 heteroatoms. The Labute approximate surface area is 163 Å². The van der Waals surface area contributed by atoms with Gasteiger partial charge < -0.3 is 5.32 Å². The molecule has 0 fully saturated rings. The molecule has 0 saturated heterocycles. The predicted octanol–water partition coefficient (Wildman–Crippen LogP) is 6.85. The van der Waals surface area contributed by atoms with Gasteiger partial charge in [-0.25, -0.2) is 0 Å². The van der Waals surface area contributed by atoms with Crippen molar-refractivity contribution in [1.82, 2.24) is 0 Å². The van der Waals surface area contributed by atoms with E-state index >= 15 is 0 Å². The summed E-state index contributed by atoms with van der Waals surface area (Å²) in [5, 5.41) is 5.12. The van der Waals surface area contributed by atoms with Crippen LogP contribution in [0.25, 0.3) is 0 Å². The third-order valence-electron chi connectivity index (χ3n) is 4.71. The summed E-state index contributed by atoms with van der Waals surface area (Å²) in [7, 11) is 0. The van der Waals surface area contributed by atoms with E-state index in [0.29, 0.717) is 11.4 Å². The van der Waals surface area contributed by atoms with Crippen molar-refractivity contribution in [2.75, 3.05) is 5.32 Å². The maximum Gasteiger partial charge on any atom is 0.0864 e. The van der Waals surface area contributed by atoms with Gasteiger partial charge in [-0.1, -0.05) is 59.6 Å². The summed E-state index contributed by atoms with van der Waals surface area (Å²) in [5.41, 5.74) is 4.73. The molecule has 0 amide bonds. The Bertz CT molecular complexity index is 997. The van der Waals surface area contributed by atoms with E-state index in [-0.39, 0.29) is 5.54 Å². The van der Waals surface area contributed by atoms with Crippen molar-refractivity contribution >= 4 is 40.3 Å². The van der Waals surface area contributed by atoms with E-state index in [9.17, 15) is 0 Å². The number of hydrogen-bond donors (Lipinski definition) is 1. The minimum Gasteiger partial charge on any atom is -0.374 e. The average Bonchev–Trinajstić information content (AvgIpc) is 2.78. The molecule has 1 aliphatic heterocycles. The maximum atomic E-state index is 6.27. The quantitative estimate of drug-likeness (QED) is 0.516. The molecule has 1 heterocycles. The Morgan fingerprint density at radius 2 is 1.62 bits per heavy atom. The largest absolute Gasteiger partial charge is 0.374 e. The first-order valence-corrected chi connectivity index (χ1v) is 9.26. The van der Waals surface area contributed by atoms with E-state index in [1.165, 1.54) is 0 Å². The lowest BCUT2D eigenvalue weighted by Crippen LogP contribution is -2.33. The summed E-state index contributed by atoms with van der Waals surface area (Å²) >= 11 is 12.5. The molecule has 0 saturated carbocycles. The fourth-order valence-corrected chi connectivity index (χ4v) is 3.76. The van der Waals surface area contributed by atoms with Crippen LogP contribution in [0.2, 0.25) is 10.0 Å². The zero-order chi connectivity index (χ0) is 18.1. The molecule has 0 aliphatic carbocycles.